The van der Waals surface area contributed by atoms with Crippen molar-refractivity contribution in [3.63, 3.8) is 0 Å². The molecule has 0 saturated carbocycles. The number of para-hydroxylation sites is 1. The summed E-state index contributed by atoms with van der Waals surface area (Å²) in [5.41, 5.74) is 8.38. The van der Waals surface area contributed by atoms with Crippen LogP contribution in [0.15, 0.2) is 30.3 Å². The summed E-state index contributed by atoms with van der Waals surface area (Å²) in [6.45, 7) is 3.62. The molecule has 1 unspecified atom stereocenters. The van der Waals surface area contributed by atoms with Crippen molar-refractivity contribution in [2.75, 3.05) is 32.2 Å². The summed E-state index contributed by atoms with van der Waals surface area (Å²) < 4.78 is 5.17. The molecule has 2 N–H and O–H groups in total. The van der Waals surface area contributed by atoms with Crippen molar-refractivity contribution in [2.24, 2.45) is 5.73 Å². The second-order valence-electron chi connectivity index (χ2n) is 5.45. The van der Waals surface area contributed by atoms with Crippen molar-refractivity contribution in [3.05, 3.63) is 35.9 Å². The van der Waals surface area contributed by atoms with E-state index in [0.29, 0.717) is 6.61 Å². The Labute approximate surface area is 126 Å². The first-order valence-corrected chi connectivity index (χ1v) is 7.50. The van der Waals surface area contributed by atoms with Gasteiger partial charge in [-0.05, 0) is 30.5 Å². The third-order valence-corrected chi connectivity index (χ3v) is 3.78. The second kappa shape index (κ2) is 7.38. The van der Waals surface area contributed by atoms with E-state index in [1.807, 2.05) is 18.2 Å². The molecule has 1 atom stereocenters. The van der Waals surface area contributed by atoms with Crippen molar-refractivity contribution in [2.45, 2.75) is 25.8 Å². The SMILES string of the molecule is CCC(N)Cc1cc2ccccc2nc1N(C)CCOC. The highest BCUT2D eigenvalue weighted by Crippen LogP contribution is 2.24. The van der Waals surface area contributed by atoms with Gasteiger partial charge in [0.25, 0.3) is 0 Å². The minimum absolute atomic E-state index is 0.169. The number of fused-ring (bicyclic) bond motifs is 1. The van der Waals surface area contributed by atoms with Crippen LogP contribution in [-0.4, -0.2) is 38.3 Å². The van der Waals surface area contributed by atoms with Crippen LogP contribution < -0.4 is 10.6 Å². The third kappa shape index (κ3) is 3.93. The van der Waals surface area contributed by atoms with Crippen molar-refractivity contribution in [1.29, 1.82) is 0 Å². The van der Waals surface area contributed by atoms with Gasteiger partial charge in [0.1, 0.15) is 5.82 Å². The molecule has 114 valence electrons. The summed E-state index contributed by atoms with van der Waals surface area (Å²) in [6, 6.07) is 10.6. The van der Waals surface area contributed by atoms with Crippen LogP contribution in [0.4, 0.5) is 5.82 Å². The number of aromatic nitrogens is 1. The topological polar surface area (TPSA) is 51.4 Å². The molecule has 0 radical (unpaired) electrons. The van der Waals surface area contributed by atoms with E-state index in [-0.39, 0.29) is 6.04 Å². The standard InChI is InChI=1S/C17H25N3O/c1-4-15(18)12-14-11-13-7-5-6-8-16(13)19-17(14)20(2)9-10-21-3/h5-8,11,15H,4,9-10,12,18H2,1-3H3. The fourth-order valence-corrected chi connectivity index (χ4v) is 2.39. The molecule has 1 aromatic carbocycles. The van der Waals surface area contributed by atoms with Crippen LogP contribution in [0, 0.1) is 0 Å². The van der Waals surface area contributed by atoms with Crippen LogP contribution in [0.25, 0.3) is 10.9 Å². The Morgan fingerprint density at radius 2 is 2.10 bits per heavy atom. The molecule has 0 aliphatic carbocycles. The van der Waals surface area contributed by atoms with Crippen LogP contribution in [0.3, 0.4) is 0 Å². The molecule has 0 aliphatic heterocycles. The minimum Gasteiger partial charge on any atom is -0.383 e. The normalized spacial score (nSPS) is 12.6. The minimum atomic E-state index is 0.169. The largest absolute Gasteiger partial charge is 0.383 e. The third-order valence-electron chi connectivity index (χ3n) is 3.78. The molecule has 0 spiro atoms. The molecule has 0 amide bonds. The first kappa shape index (κ1) is 15.7. The number of nitrogens with two attached hydrogens (primary N) is 1. The molecule has 2 rings (SSSR count). The Morgan fingerprint density at radius 3 is 2.81 bits per heavy atom. The number of likely N-dealkylation sites (N-methyl/N-ethyl adjacent to an activating group) is 1. The highest BCUT2D eigenvalue weighted by molar-refractivity contribution is 5.81. The molecular formula is C17H25N3O. The molecular weight excluding hydrogens is 262 g/mol. The summed E-state index contributed by atoms with van der Waals surface area (Å²) in [5.74, 6) is 1.01. The fraction of sp³-hybridized carbons (Fsp3) is 0.471. The summed E-state index contributed by atoms with van der Waals surface area (Å²) in [7, 11) is 3.77. The van der Waals surface area contributed by atoms with Crippen molar-refractivity contribution < 1.29 is 4.74 Å². The van der Waals surface area contributed by atoms with Gasteiger partial charge in [-0.1, -0.05) is 25.1 Å². The summed E-state index contributed by atoms with van der Waals surface area (Å²) >= 11 is 0. The van der Waals surface area contributed by atoms with Crippen LogP contribution >= 0.6 is 0 Å². The highest BCUT2D eigenvalue weighted by atomic mass is 16.5. The molecule has 1 heterocycles. The molecule has 0 saturated heterocycles. The van der Waals surface area contributed by atoms with E-state index >= 15 is 0 Å². The van der Waals surface area contributed by atoms with E-state index in [0.717, 1.165) is 30.7 Å². The van der Waals surface area contributed by atoms with E-state index in [1.165, 1.54) is 10.9 Å². The highest BCUT2D eigenvalue weighted by Gasteiger charge is 2.13. The van der Waals surface area contributed by atoms with Crippen molar-refractivity contribution >= 4 is 16.7 Å². The predicted octanol–water partition coefficient (Wildman–Crippen LogP) is 2.60. The van der Waals surface area contributed by atoms with Gasteiger partial charge in [0, 0.05) is 32.1 Å². The van der Waals surface area contributed by atoms with E-state index in [1.54, 1.807) is 7.11 Å². The van der Waals surface area contributed by atoms with Crippen molar-refractivity contribution in [1.82, 2.24) is 4.98 Å². The quantitative estimate of drug-likeness (QED) is 0.850. The van der Waals surface area contributed by atoms with Crippen LogP contribution in [-0.2, 0) is 11.2 Å². The number of hydrogen-bond donors (Lipinski definition) is 1. The van der Waals surface area contributed by atoms with Gasteiger partial charge in [-0.3, -0.25) is 0 Å². The Bertz CT molecular complexity index is 585. The average molecular weight is 287 g/mol. The number of nitrogens with zero attached hydrogens (tertiary/aromatic N) is 2. The number of pyridine rings is 1. The number of benzene rings is 1. The number of rotatable bonds is 7. The van der Waals surface area contributed by atoms with Gasteiger partial charge < -0.3 is 15.4 Å². The van der Waals surface area contributed by atoms with E-state index < -0.39 is 0 Å². The van der Waals surface area contributed by atoms with Gasteiger partial charge >= 0.3 is 0 Å². The molecule has 1 aromatic heterocycles. The van der Waals surface area contributed by atoms with E-state index in [9.17, 15) is 0 Å². The monoisotopic (exact) mass is 287 g/mol. The zero-order valence-corrected chi connectivity index (χ0v) is 13.2. The van der Waals surface area contributed by atoms with Gasteiger partial charge in [0.15, 0.2) is 0 Å². The van der Waals surface area contributed by atoms with Gasteiger partial charge in [0.05, 0.1) is 12.1 Å². The smallest absolute Gasteiger partial charge is 0.132 e. The van der Waals surface area contributed by atoms with Gasteiger partial charge in [-0.2, -0.15) is 0 Å². The number of methoxy groups -OCH3 is 1. The predicted molar refractivity (Wildman–Crippen MR) is 88.9 cm³/mol. The van der Waals surface area contributed by atoms with Crippen LogP contribution in [0.5, 0.6) is 0 Å². The lowest BCUT2D eigenvalue weighted by molar-refractivity contribution is 0.206. The summed E-state index contributed by atoms with van der Waals surface area (Å²) in [6.07, 6.45) is 1.81. The Hall–Kier alpha value is -1.65. The maximum atomic E-state index is 6.15. The van der Waals surface area contributed by atoms with E-state index in [2.05, 4.69) is 31.0 Å². The Kier molecular flexibility index (Phi) is 5.53. The molecule has 2 aromatic rings. The average Bonchev–Trinajstić information content (AvgIpc) is 2.51. The fourth-order valence-electron chi connectivity index (χ4n) is 2.39. The Morgan fingerprint density at radius 1 is 1.33 bits per heavy atom. The van der Waals surface area contributed by atoms with Crippen LogP contribution in [0.1, 0.15) is 18.9 Å². The molecule has 4 nitrogen and oxygen atoms in total. The Balaban J connectivity index is 2.40. The van der Waals surface area contributed by atoms with Gasteiger partial charge in [-0.25, -0.2) is 4.98 Å². The first-order valence-electron chi connectivity index (χ1n) is 7.50. The number of hydrogen-bond acceptors (Lipinski definition) is 4. The lowest BCUT2D eigenvalue weighted by Gasteiger charge is -2.23. The summed E-state index contributed by atoms with van der Waals surface area (Å²) in [5, 5.41) is 1.17. The zero-order valence-electron chi connectivity index (χ0n) is 13.2. The molecule has 0 bridgehead atoms. The lowest BCUT2D eigenvalue weighted by Crippen LogP contribution is -2.27. The lowest BCUT2D eigenvalue weighted by atomic mass is 10.0. The number of ether oxygens (including phenoxy) is 1. The molecule has 21 heavy (non-hydrogen) atoms. The maximum absolute atomic E-state index is 6.15. The van der Waals surface area contributed by atoms with Crippen molar-refractivity contribution in [3.8, 4) is 0 Å². The van der Waals surface area contributed by atoms with E-state index in [4.69, 9.17) is 15.5 Å². The molecule has 0 fully saturated rings. The second-order valence-corrected chi connectivity index (χ2v) is 5.45. The summed E-state index contributed by atoms with van der Waals surface area (Å²) in [4.78, 5) is 6.98. The van der Waals surface area contributed by atoms with Gasteiger partial charge in [-0.15, -0.1) is 0 Å². The van der Waals surface area contributed by atoms with Gasteiger partial charge in [0.2, 0.25) is 0 Å². The maximum Gasteiger partial charge on any atom is 0.132 e. The van der Waals surface area contributed by atoms with Crippen LogP contribution in [0.2, 0.25) is 0 Å². The zero-order chi connectivity index (χ0) is 15.2. The molecule has 0 aliphatic rings. The molecule has 4 heteroatoms. The first-order chi connectivity index (χ1) is 10.2. The number of anilines is 1.